The number of hydrogen-bond donors (Lipinski definition) is 1. The third-order valence-corrected chi connectivity index (χ3v) is 4.38. The molecule has 0 atom stereocenters. The molecular weight excluding hydrogens is 357 g/mol. The second kappa shape index (κ2) is 7.05. The van der Waals surface area contributed by atoms with Crippen LogP contribution in [0.2, 0.25) is 5.02 Å². The van der Waals surface area contributed by atoms with E-state index in [0.29, 0.717) is 28.0 Å². The molecule has 0 spiro atoms. The third kappa shape index (κ3) is 4.29. The van der Waals surface area contributed by atoms with Crippen molar-refractivity contribution in [2.24, 2.45) is 0 Å². The lowest BCUT2D eigenvalue weighted by Crippen LogP contribution is -2.25. The summed E-state index contributed by atoms with van der Waals surface area (Å²) in [5, 5.41) is 3.40. The molecule has 0 aromatic heterocycles. The summed E-state index contributed by atoms with van der Waals surface area (Å²) in [7, 11) is 0. The van der Waals surface area contributed by atoms with Gasteiger partial charge in [-0.25, -0.2) is 4.39 Å². The molecule has 0 unspecified atom stereocenters. The normalized spacial score (nSPS) is 10.5. The van der Waals surface area contributed by atoms with Crippen LogP contribution >= 0.6 is 27.5 Å². The molecule has 0 aliphatic rings. The molecule has 21 heavy (non-hydrogen) atoms. The van der Waals surface area contributed by atoms with Crippen molar-refractivity contribution in [1.29, 1.82) is 0 Å². The van der Waals surface area contributed by atoms with Gasteiger partial charge >= 0.3 is 0 Å². The van der Waals surface area contributed by atoms with E-state index in [0.717, 1.165) is 11.1 Å². The highest BCUT2D eigenvalue weighted by atomic mass is 79.9. The number of carbonyl (C=O) groups is 1. The first-order valence-corrected chi connectivity index (χ1v) is 7.63. The van der Waals surface area contributed by atoms with E-state index in [9.17, 15) is 9.18 Å². The Morgan fingerprint density at radius 3 is 2.71 bits per heavy atom. The van der Waals surface area contributed by atoms with Crippen molar-refractivity contribution in [3.63, 3.8) is 0 Å². The van der Waals surface area contributed by atoms with Gasteiger partial charge in [0.05, 0.1) is 5.02 Å². The molecular formula is C16H14BrClFNO. The van der Waals surface area contributed by atoms with Crippen LogP contribution in [0.3, 0.4) is 0 Å². The van der Waals surface area contributed by atoms with Crippen molar-refractivity contribution in [1.82, 2.24) is 5.32 Å². The van der Waals surface area contributed by atoms with Crippen molar-refractivity contribution in [3.05, 3.63) is 68.4 Å². The van der Waals surface area contributed by atoms with Gasteiger partial charge in [-0.3, -0.25) is 4.79 Å². The fourth-order valence-corrected chi connectivity index (χ4v) is 2.49. The van der Waals surface area contributed by atoms with Crippen LogP contribution in [0.15, 0.2) is 40.9 Å². The van der Waals surface area contributed by atoms with Crippen molar-refractivity contribution < 1.29 is 9.18 Å². The lowest BCUT2D eigenvalue weighted by Gasteiger charge is -2.08. The zero-order valence-electron chi connectivity index (χ0n) is 11.4. The highest BCUT2D eigenvalue weighted by Gasteiger charge is 2.08. The maximum atomic E-state index is 13.0. The summed E-state index contributed by atoms with van der Waals surface area (Å²) in [6.07, 6.45) is 0.659. The van der Waals surface area contributed by atoms with Gasteiger partial charge < -0.3 is 5.32 Å². The van der Waals surface area contributed by atoms with Gasteiger partial charge in [0.25, 0.3) is 5.91 Å². The van der Waals surface area contributed by atoms with E-state index in [-0.39, 0.29) is 11.7 Å². The van der Waals surface area contributed by atoms with Crippen LogP contribution < -0.4 is 5.32 Å². The molecule has 5 heteroatoms. The zero-order chi connectivity index (χ0) is 15.4. The molecule has 0 fully saturated rings. The summed E-state index contributed by atoms with van der Waals surface area (Å²) < 4.78 is 13.7. The van der Waals surface area contributed by atoms with Crippen molar-refractivity contribution in [2.75, 3.05) is 6.54 Å². The number of benzene rings is 2. The van der Waals surface area contributed by atoms with Gasteiger partial charge in [-0.2, -0.15) is 0 Å². The van der Waals surface area contributed by atoms with Gasteiger partial charge in [-0.05, 0) is 70.7 Å². The molecule has 0 bridgehead atoms. The van der Waals surface area contributed by atoms with Crippen LogP contribution in [0.1, 0.15) is 21.5 Å². The number of nitrogens with one attached hydrogen (secondary N) is 1. The molecule has 0 aliphatic heterocycles. The number of carbonyl (C=O) groups excluding carboxylic acids is 1. The number of halogens is 3. The lowest BCUT2D eigenvalue weighted by atomic mass is 10.1. The first-order valence-electron chi connectivity index (χ1n) is 6.45. The minimum absolute atomic E-state index is 0.160. The number of amides is 1. The Kier molecular flexibility index (Phi) is 5.37. The maximum absolute atomic E-state index is 13.0. The molecule has 110 valence electrons. The van der Waals surface area contributed by atoms with Crippen LogP contribution in [-0.4, -0.2) is 12.5 Å². The molecule has 0 aliphatic carbocycles. The Bertz CT molecular complexity index is 675. The van der Waals surface area contributed by atoms with Gasteiger partial charge in [0.15, 0.2) is 0 Å². The number of hydrogen-bond acceptors (Lipinski definition) is 1. The second-order valence-electron chi connectivity index (χ2n) is 4.71. The summed E-state index contributed by atoms with van der Waals surface area (Å²) in [6.45, 7) is 2.35. The van der Waals surface area contributed by atoms with E-state index >= 15 is 0 Å². The number of rotatable bonds is 4. The minimum Gasteiger partial charge on any atom is -0.352 e. The SMILES string of the molecule is Cc1cc(F)ccc1CCNC(=O)c1ccc(Cl)c(Br)c1. The lowest BCUT2D eigenvalue weighted by molar-refractivity contribution is 0.0954. The molecule has 0 heterocycles. The largest absolute Gasteiger partial charge is 0.352 e. The van der Waals surface area contributed by atoms with Gasteiger partial charge in [0, 0.05) is 16.6 Å². The van der Waals surface area contributed by atoms with Crippen molar-refractivity contribution in [2.45, 2.75) is 13.3 Å². The van der Waals surface area contributed by atoms with Crippen LogP contribution in [0, 0.1) is 12.7 Å². The van der Waals surface area contributed by atoms with E-state index < -0.39 is 0 Å². The van der Waals surface area contributed by atoms with Crippen LogP contribution in [0.5, 0.6) is 0 Å². The van der Waals surface area contributed by atoms with Crippen LogP contribution in [-0.2, 0) is 6.42 Å². The van der Waals surface area contributed by atoms with Gasteiger partial charge in [-0.15, -0.1) is 0 Å². The van der Waals surface area contributed by atoms with Crippen LogP contribution in [0.4, 0.5) is 4.39 Å². The summed E-state index contributed by atoms with van der Waals surface area (Å²) in [6, 6.07) is 9.70. The standard InChI is InChI=1S/C16H14BrClFNO/c1-10-8-13(19)4-2-11(10)6-7-20-16(21)12-3-5-15(18)14(17)9-12/h2-5,8-9H,6-7H2,1H3,(H,20,21). The molecule has 2 nitrogen and oxygen atoms in total. The van der Waals surface area contributed by atoms with E-state index in [1.165, 1.54) is 12.1 Å². The van der Waals surface area contributed by atoms with Gasteiger partial charge in [0.1, 0.15) is 5.82 Å². The van der Waals surface area contributed by atoms with E-state index in [1.54, 1.807) is 24.3 Å². The molecule has 1 N–H and O–H groups in total. The first kappa shape index (κ1) is 16.0. The van der Waals surface area contributed by atoms with Gasteiger partial charge in [0.2, 0.25) is 0 Å². The second-order valence-corrected chi connectivity index (χ2v) is 5.97. The molecule has 0 radical (unpaired) electrons. The molecule has 1 amide bonds. The molecule has 2 rings (SSSR count). The summed E-state index contributed by atoms with van der Waals surface area (Å²) >= 11 is 9.18. The van der Waals surface area contributed by atoms with E-state index in [2.05, 4.69) is 21.2 Å². The zero-order valence-corrected chi connectivity index (χ0v) is 13.8. The van der Waals surface area contributed by atoms with Gasteiger partial charge in [-0.1, -0.05) is 17.7 Å². The van der Waals surface area contributed by atoms with E-state index in [4.69, 9.17) is 11.6 Å². The smallest absolute Gasteiger partial charge is 0.251 e. The van der Waals surface area contributed by atoms with E-state index in [1.807, 2.05) is 6.92 Å². The highest BCUT2D eigenvalue weighted by Crippen LogP contribution is 2.23. The fourth-order valence-electron chi connectivity index (χ4n) is 1.99. The minimum atomic E-state index is -0.244. The maximum Gasteiger partial charge on any atom is 0.251 e. The average molecular weight is 371 g/mol. The number of aryl methyl sites for hydroxylation is 1. The molecule has 2 aromatic rings. The fraction of sp³-hybridized carbons (Fsp3) is 0.188. The summed E-state index contributed by atoms with van der Waals surface area (Å²) in [5.74, 6) is -0.404. The molecule has 2 aromatic carbocycles. The predicted octanol–water partition coefficient (Wildman–Crippen LogP) is 4.52. The Morgan fingerprint density at radius 1 is 1.29 bits per heavy atom. The average Bonchev–Trinajstić information content (AvgIpc) is 2.44. The topological polar surface area (TPSA) is 29.1 Å². The summed E-state index contributed by atoms with van der Waals surface area (Å²) in [4.78, 5) is 12.0. The Labute approximate surface area is 136 Å². The molecule has 0 saturated heterocycles. The Balaban J connectivity index is 1.93. The molecule has 0 saturated carbocycles. The van der Waals surface area contributed by atoms with Crippen molar-refractivity contribution >= 4 is 33.4 Å². The Morgan fingerprint density at radius 2 is 2.05 bits per heavy atom. The quantitative estimate of drug-likeness (QED) is 0.842. The monoisotopic (exact) mass is 369 g/mol. The first-order chi connectivity index (χ1) is 9.97. The highest BCUT2D eigenvalue weighted by molar-refractivity contribution is 9.10. The Hall–Kier alpha value is -1.39. The predicted molar refractivity (Wildman–Crippen MR) is 86.3 cm³/mol. The van der Waals surface area contributed by atoms with Crippen LogP contribution in [0.25, 0.3) is 0 Å². The summed E-state index contributed by atoms with van der Waals surface area (Å²) in [5.41, 5.74) is 2.45. The third-order valence-electron chi connectivity index (χ3n) is 3.17. The van der Waals surface area contributed by atoms with Crippen molar-refractivity contribution in [3.8, 4) is 0 Å².